The summed E-state index contributed by atoms with van der Waals surface area (Å²) in [5.41, 5.74) is 3.78. The summed E-state index contributed by atoms with van der Waals surface area (Å²) < 4.78 is 10.7. The highest BCUT2D eigenvalue weighted by Crippen LogP contribution is 2.40. The summed E-state index contributed by atoms with van der Waals surface area (Å²) in [7, 11) is 3.36. The summed E-state index contributed by atoms with van der Waals surface area (Å²) in [5.74, 6) is 1.94. The first kappa shape index (κ1) is 11.8. The Labute approximate surface area is 113 Å². The zero-order valence-corrected chi connectivity index (χ0v) is 11.1. The van der Waals surface area contributed by atoms with Crippen molar-refractivity contribution in [2.24, 2.45) is 0 Å². The highest BCUT2D eigenvalue weighted by molar-refractivity contribution is 5.66. The van der Waals surface area contributed by atoms with Crippen LogP contribution in [0.1, 0.15) is 22.6 Å². The van der Waals surface area contributed by atoms with Crippen molar-refractivity contribution in [3.8, 4) is 11.5 Å². The van der Waals surface area contributed by atoms with Crippen LogP contribution in [-0.4, -0.2) is 14.2 Å². The summed E-state index contributed by atoms with van der Waals surface area (Å²) in [6.45, 7) is 0. The van der Waals surface area contributed by atoms with Gasteiger partial charge in [-0.05, 0) is 17.2 Å². The first-order valence-electron chi connectivity index (χ1n) is 6.32. The van der Waals surface area contributed by atoms with E-state index in [1.807, 2.05) is 12.1 Å². The Kier molecular flexibility index (Phi) is 3.00. The van der Waals surface area contributed by atoms with E-state index in [0.717, 1.165) is 11.5 Å². The average molecular weight is 252 g/mol. The molecule has 0 aliphatic heterocycles. The SMILES string of the molecule is COc1ccc(C2C=Cc3ccccc32)c(OC)c1. The highest BCUT2D eigenvalue weighted by atomic mass is 16.5. The molecule has 1 aliphatic carbocycles. The van der Waals surface area contributed by atoms with Gasteiger partial charge in [0.25, 0.3) is 0 Å². The molecule has 2 aromatic carbocycles. The van der Waals surface area contributed by atoms with E-state index in [2.05, 4.69) is 42.5 Å². The zero-order valence-electron chi connectivity index (χ0n) is 11.1. The number of ether oxygens (including phenoxy) is 2. The van der Waals surface area contributed by atoms with Crippen LogP contribution in [0.25, 0.3) is 6.08 Å². The number of fused-ring (bicyclic) bond motifs is 1. The van der Waals surface area contributed by atoms with Crippen LogP contribution in [0, 0.1) is 0 Å². The molecule has 1 atom stereocenters. The molecule has 0 N–H and O–H groups in total. The lowest BCUT2D eigenvalue weighted by Crippen LogP contribution is -2.00. The zero-order chi connectivity index (χ0) is 13.2. The largest absolute Gasteiger partial charge is 0.497 e. The normalized spacial score (nSPS) is 16.2. The number of hydrogen-bond acceptors (Lipinski definition) is 2. The third kappa shape index (κ3) is 1.99. The van der Waals surface area contributed by atoms with Crippen molar-refractivity contribution >= 4 is 6.08 Å². The van der Waals surface area contributed by atoms with Crippen LogP contribution >= 0.6 is 0 Å². The van der Waals surface area contributed by atoms with Crippen molar-refractivity contribution in [3.63, 3.8) is 0 Å². The van der Waals surface area contributed by atoms with Gasteiger partial charge < -0.3 is 9.47 Å². The van der Waals surface area contributed by atoms with Crippen molar-refractivity contribution in [1.82, 2.24) is 0 Å². The predicted molar refractivity (Wildman–Crippen MR) is 76.9 cm³/mol. The van der Waals surface area contributed by atoms with E-state index >= 15 is 0 Å². The third-order valence-corrected chi connectivity index (χ3v) is 3.58. The van der Waals surface area contributed by atoms with Gasteiger partial charge >= 0.3 is 0 Å². The molecule has 3 rings (SSSR count). The molecule has 96 valence electrons. The van der Waals surface area contributed by atoms with Crippen molar-refractivity contribution in [2.45, 2.75) is 5.92 Å². The molecule has 1 unspecified atom stereocenters. The highest BCUT2D eigenvalue weighted by Gasteiger charge is 2.21. The molecule has 0 radical (unpaired) electrons. The molecule has 0 saturated heterocycles. The third-order valence-electron chi connectivity index (χ3n) is 3.58. The summed E-state index contributed by atoms with van der Waals surface area (Å²) in [5, 5.41) is 0. The summed E-state index contributed by atoms with van der Waals surface area (Å²) in [6, 6.07) is 14.4. The van der Waals surface area contributed by atoms with Crippen molar-refractivity contribution in [1.29, 1.82) is 0 Å². The minimum atomic E-state index is 0.261. The van der Waals surface area contributed by atoms with Crippen LogP contribution in [0.15, 0.2) is 48.5 Å². The Hall–Kier alpha value is -2.22. The minimum Gasteiger partial charge on any atom is -0.497 e. The first-order chi connectivity index (χ1) is 9.33. The molecule has 2 aromatic rings. The average Bonchev–Trinajstić information content (AvgIpc) is 2.90. The maximum absolute atomic E-state index is 5.50. The van der Waals surface area contributed by atoms with Crippen LogP contribution in [0.5, 0.6) is 11.5 Å². The van der Waals surface area contributed by atoms with Gasteiger partial charge in [-0.15, -0.1) is 0 Å². The van der Waals surface area contributed by atoms with E-state index in [1.165, 1.54) is 16.7 Å². The van der Waals surface area contributed by atoms with Crippen LogP contribution in [0.4, 0.5) is 0 Å². The number of methoxy groups -OCH3 is 2. The van der Waals surface area contributed by atoms with Gasteiger partial charge in [0.05, 0.1) is 14.2 Å². The van der Waals surface area contributed by atoms with E-state index in [-0.39, 0.29) is 5.92 Å². The number of benzene rings is 2. The lowest BCUT2D eigenvalue weighted by molar-refractivity contribution is 0.391. The standard InChI is InChI=1S/C17H16O2/c1-18-13-8-10-16(17(11-13)19-2)15-9-7-12-5-3-4-6-14(12)15/h3-11,15H,1-2H3. The topological polar surface area (TPSA) is 18.5 Å². The van der Waals surface area contributed by atoms with Gasteiger partial charge in [-0.1, -0.05) is 42.5 Å². The smallest absolute Gasteiger partial charge is 0.126 e. The number of rotatable bonds is 3. The van der Waals surface area contributed by atoms with E-state index in [4.69, 9.17) is 9.47 Å². The molecule has 0 spiro atoms. The quantitative estimate of drug-likeness (QED) is 0.825. The monoisotopic (exact) mass is 252 g/mol. The summed E-state index contributed by atoms with van der Waals surface area (Å²) in [6.07, 6.45) is 4.39. The molecule has 0 fully saturated rings. The summed E-state index contributed by atoms with van der Waals surface area (Å²) >= 11 is 0. The van der Waals surface area contributed by atoms with E-state index in [0.29, 0.717) is 0 Å². The molecule has 0 amide bonds. The predicted octanol–water partition coefficient (Wildman–Crippen LogP) is 3.86. The Morgan fingerprint density at radius 2 is 1.74 bits per heavy atom. The molecule has 0 aromatic heterocycles. The Balaban J connectivity index is 2.07. The minimum absolute atomic E-state index is 0.261. The molecule has 19 heavy (non-hydrogen) atoms. The van der Waals surface area contributed by atoms with E-state index in [1.54, 1.807) is 14.2 Å². The van der Waals surface area contributed by atoms with Crippen LogP contribution in [0.3, 0.4) is 0 Å². The van der Waals surface area contributed by atoms with Gasteiger partial charge in [-0.2, -0.15) is 0 Å². The number of hydrogen-bond donors (Lipinski definition) is 0. The fourth-order valence-electron chi connectivity index (χ4n) is 2.60. The number of allylic oxidation sites excluding steroid dienone is 1. The van der Waals surface area contributed by atoms with Gasteiger partial charge in [-0.25, -0.2) is 0 Å². The molecular weight excluding hydrogens is 236 g/mol. The molecule has 2 heteroatoms. The van der Waals surface area contributed by atoms with Crippen LogP contribution in [0.2, 0.25) is 0 Å². The molecule has 1 aliphatic rings. The van der Waals surface area contributed by atoms with Gasteiger partial charge in [0.2, 0.25) is 0 Å². The fraction of sp³-hybridized carbons (Fsp3) is 0.176. The van der Waals surface area contributed by atoms with Crippen molar-refractivity contribution in [3.05, 3.63) is 65.2 Å². The Morgan fingerprint density at radius 3 is 2.53 bits per heavy atom. The molecular formula is C17H16O2. The Bertz CT molecular complexity index is 629. The Morgan fingerprint density at radius 1 is 0.895 bits per heavy atom. The lowest BCUT2D eigenvalue weighted by atomic mass is 9.92. The van der Waals surface area contributed by atoms with Crippen LogP contribution in [-0.2, 0) is 0 Å². The second-order valence-electron chi connectivity index (χ2n) is 4.57. The van der Waals surface area contributed by atoms with Gasteiger partial charge in [0.1, 0.15) is 11.5 Å². The van der Waals surface area contributed by atoms with Crippen molar-refractivity contribution in [2.75, 3.05) is 14.2 Å². The molecule has 2 nitrogen and oxygen atoms in total. The van der Waals surface area contributed by atoms with Crippen molar-refractivity contribution < 1.29 is 9.47 Å². The van der Waals surface area contributed by atoms with Gasteiger partial charge in [0.15, 0.2) is 0 Å². The second kappa shape index (κ2) is 4.81. The summed E-state index contributed by atoms with van der Waals surface area (Å²) in [4.78, 5) is 0. The maximum atomic E-state index is 5.50. The van der Waals surface area contributed by atoms with Gasteiger partial charge in [0, 0.05) is 17.5 Å². The molecule has 0 saturated carbocycles. The first-order valence-corrected chi connectivity index (χ1v) is 6.32. The van der Waals surface area contributed by atoms with E-state index in [9.17, 15) is 0 Å². The lowest BCUT2D eigenvalue weighted by Gasteiger charge is -2.16. The van der Waals surface area contributed by atoms with E-state index < -0.39 is 0 Å². The molecule has 0 heterocycles. The van der Waals surface area contributed by atoms with Gasteiger partial charge in [-0.3, -0.25) is 0 Å². The molecule has 0 bridgehead atoms. The fourth-order valence-corrected chi connectivity index (χ4v) is 2.60. The second-order valence-corrected chi connectivity index (χ2v) is 4.57. The maximum Gasteiger partial charge on any atom is 0.126 e. The van der Waals surface area contributed by atoms with Crippen LogP contribution < -0.4 is 9.47 Å².